The maximum atomic E-state index is 11.8. The summed E-state index contributed by atoms with van der Waals surface area (Å²) in [5.74, 6) is 0.602. The number of rotatable bonds is 8. The molecule has 0 aliphatic rings. The van der Waals surface area contributed by atoms with Crippen molar-refractivity contribution >= 4 is 17.8 Å². The number of nitro benzene ring substituents is 1. The highest BCUT2D eigenvalue weighted by molar-refractivity contribution is 5.86. The lowest BCUT2D eigenvalue weighted by Crippen LogP contribution is -2.24. The number of methoxy groups -OCH3 is 2. The summed E-state index contributed by atoms with van der Waals surface area (Å²) in [4.78, 5) is 22.1. The fourth-order valence-electron chi connectivity index (χ4n) is 2.02. The average Bonchev–Trinajstić information content (AvgIpc) is 2.66. The van der Waals surface area contributed by atoms with Crippen LogP contribution in [0, 0.1) is 10.1 Å². The number of nitrogens with one attached hydrogen (secondary N) is 1. The zero-order chi connectivity index (χ0) is 18.9. The minimum Gasteiger partial charge on any atom is -0.497 e. The molecule has 0 aromatic heterocycles. The number of carbonyl (C=O) groups excluding carboxylic acids is 1. The monoisotopic (exact) mass is 359 g/mol. The molecule has 136 valence electrons. The van der Waals surface area contributed by atoms with Gasteiger partial charge in [0.15, 0.2) is 12.4 Å². The van der Waals surface area contributed by atoms with E-state index in [0.717, 1.165) is 0 Å². The Morgan fingerprint density at radius 1 is 1.19 bits per heavy atom. The fourth-order valence-corrected chi connectivity index (χ4v) is 2.02. The Kier molecular flexibility index (Phi) is 6.49. The first kappa shape index (κ1) is 18.7. The summed E-state index contributed by atoms with van der Waals surface area (Å²) < 4.78 is 15.5. The molecule has 0 atom stereocenters. The predicted molar refractivity (Wildman–Crippen MR) is 93.9 cm³/mol. The molecule has 9 nitrogen and oxygen atoms in total. The number of hydrogen-bond acceptors (Lipinski definition) is 7. The van der Waals surface area contributed by atoms with Crippen LogP contribution in [0.25, 0.3) is 0 Å². The molecule has 0 unspecified atom stereocenters. The van der Waals surface area contributed by atoms with Gasteiger partial charge in [0, 0.05) is 11.6 Å². The van der Waals surface area contributed by atoms with E-state index in [9.17, 15) is 14.9 Å². The highest BCUT2D eigenvalue weighted by Gasteiger charge is 2.14. The molecule has 0 bridgehead atoms. The van der Waals surface area contributed by atoms with Gasteiger partial charge >= 0.3 is 5.69 Å². The number of nitro groups is 1. The second-order valence-electron chi connectivity index (χ2n) is 4.91. The number of ether oxygens (including phenoxy) is 3. The summed E-state index contributed by atoms with van der Waals surface area (Å²) in [6.45, 7) is -0.419. The van der Waals surface area contributed by atoms with Gasteiger partial charge in [-0.3, -0.25) is 14.9 Å². The van der Waals surface area contributed by atoms with Gasteiger partial charge in [0.1, 0.15) is 11.5 Å². The molecule has 26 heavy (non-hydrogen) atoms. The van der Waals surface area contributed by atoms with E-state index in [1.807, 2.05) is 0 Å². The smallest absolute Gasteiger partial charge is 0.310 e. The van der Waals surface area contributed by atoms with Crippen LogP contribution in [0.3, 0.4) is 0 Å². The van der Waals surface area contributed by atoms with Crippen LogP contribution in [0.4, 0.5) is 5.69 Å². The Balaban J connectivity index is 1.95. The third-order valence-corrected chi connectivity index (χ3v) is 3.25. The van der Waals surface area contributed by atoms with Gasteiger partial charge in [0.05, 0.1) is 25.4 Å². The van der Waals surface area contributed by atoms with E-state index in [2.05, 4.69) is 10.5 Å². The Bertz CT molecular complexity index is 822. The molecule has 0 saturated heterocycles. The van der Waals surface area contributed by atoms with Crippen LogP contribution in [0.5, 0.6) is 17.2 Å². The molecular weight excluding hydrogens is 342 g/mol. The quantitative estimate of drug-likeness (QED) is 0.439. The van der Waals surface area contributed by atoms with Crippen molar-refractivity contribution in [1.82, 2.24) is 5.43 Å². The van der Waals surface area contributed by atoms with E-state index in [1.165, 1.54) is 38.6 Å². The predicted octanol–water partition coefficient (Wildman–Crippen LogP) is 2.14. The molecule has 2 aromatic rings. The lowest BCUT2D eigenvalue weighted by Gasteiger charge is -2.07. The Morgan fingerprint density at radius 3 is 2.65 bits per heavy atom. The largest absolute Gasteiger partial charge is 0.497 e. The Hall–Kier alpha value is -3.62. The average molecular weight is 359 g/mol. The highest BCUT2D eigenvalue weighted by Crippen LogP contribution is 2.25. The summed E-state index contributed by atoms with van der Waals surface area (Å²) >= 11 is 0. The van der Waals surface area contributed by atoms with E-state index >= 15 is 0 Å². The molecule has 2 aromatic carbocycles. The van der Waals surface area contributed by atoms with Crippen LogP contribution >= 0.6 is 0 Å². The summed E-state index contributed by atoms with van der Waals surface area (Å²) in [6.07, 6.45) is 1.39. The number of nitrogens with zero attached hydrogens (tertiary/aromatic N) is 2. The van der Waals surface area contributed by atoms with Crippen LogP contribution in [-0.2, 0) is 4.79 Å². The van der Waals surface area contributed by atoms with Crippen molar-refractivity contribution in [1.29, 1.82) is 0 Å². The first-order valence-electron chi connectivity index (χ1n) is 7.45. The molecular formula is C17H17N3O6. The molecule has 0 saturated carbocycles. The minimum atomic E-state index is -0.583. The second kappa shape index (κ2) is 9.02. The minimum absolute atomic E-state index is 0.00564. The summed E-state index contributed by atoms with van der Waals surface area (Å²) in [5, 5.41) is 14.7. The Labute approximate surface area is 149 Å². The third-order valence-electron chi connectivity index (χ3n) is 3.25. The van der Waals surface area contributed by atoms with Crippen LogP contribution in [0.2, 0.25) is 0 Å². The maximum absolute atomic E-state index is 11.8. The summed E-state index contributed by atoms with van der Waals surface area (Å²) in [7, 11) is 3.04. The van der Waals surface area contributed by atoms with Crippen LogP contribution in [0.1, 0.15) is 5.56 Å². The van der Waals surface area contributed by atoms with Gasteiger partial charge in [-0.15, -0.1) is 0 Å². The van der Waals surface area contributed by atoms with Crippen molar-refractivity contribution in [3.05, 3.63) is 58.1 Å². The van der Waals surface area contributed by atoms with Gasteiger partial charge in [-0.05, 0) is 24.3 Å². The van der Waals surface area contributed by atoms with E-state index in [-0.39, 0.29) is 11.4 Å². The lowest BCUT2D eigenvalue weighted by molar-refractivity contribution is -0.385. The molecule has 1 N–H and O–H groups in total. The molecule has 0 fully saturated rings. The van der Waals surface area contributed by atoms with Gasteiger partial charge in [0.25, 0.3) is 5.91 Å². The molecule has 0 aliphatic carbocycles. The summed E-state index contributed by atoms with van der Waals surface area (Å²) in [6, 6.07) is 10.9. The topological polar surface area (TPSA) is 112 Å². The first-order valence-corrected chi connectivity index (χ1v) is 7.45. The molecule has 0 aliphatic heterocycles. The van der Waals surface area contributed by atoms with E-state index in [4.69, 9.17) is 14.2 Å². The number of hydrazone groups is 1. The lowest BCUT2D eigenvalue weighted by atomic mass is 10.2. The second-order valence-corrected chi connectivity index (χ2v) is 4.91. The van der Waals surface area contributed by atoms with Crippen molar-refractivity contribution in [2.45, 2.75) is 0 Å². The van der Waals surface area contributed by atoms with Crippen molar-refractivity contribution < 1.29 is 23.9 Å². The first-order chi connectivity index (χ1) is 12.5. The number of amides is 1. The molecule has 0 radical (unpaired) electrons. The summed E-state index contributed by atoms with van der Waals surface area (Å²) in [5.41, 5.74) is 2.66. The van der Waals surface area contributed by atoms with Crippen molar-refractivity contribution in [3.8, 4) is 17.2 Å². The normalized spacial score (nSPS) is 10.4. The SMILES string of the molecule is COc1ccc(OC)c(/C=N/NC(=O)COc2ccccc2[N+](=O)[O-])c1. The van der Waals surface area contributed by atoms with Crippen LogP contribution in [0.15, 0.2) is 47.6 Å². The van der Waals surface area contributed by atoms with Gasteiger partial charge in [-0.1, -0.05) is 12.1 Å². The zero-order valence-electron chi connectivity index (χ0n) is 14.2. The standard InChI is InChI=1S/C17H17N3O6/c1-24-13-7-8-15(25-2)12(9-13)10-18-19-17(21)11-26-16-6-4-3-5-14(16)20(22)23/h3-10H,11H2,1-2H3,(H,19,21)/b18-10+. The number of para-hydroxylation sites is 2. The van der Waals surface area contributed by atoms with Gasteiger partial charge in [0.2, 0.25) is 0 Å². The third kappa shape index (κ3) is 4.94. The molecule has 9 heteroatoms. The molecule has 2 rings (SSSR count). The Morgan fingerprint density at radius 2 is 1.96 bits per heavy atom. The number of hydrogen-bond donors (Lipinski definition) is 1. The van der Waals surface area contributed by atoms with Gasteiger partial charge in [-0.25, -0.2) is 5.43 Å². The van der Waals surface area contributed by atoms with Crippen LogP contribution < -0.4 is 19.6 Å². The van der Waals surface area contributed by atoms with Crippen LogP contribution in [-0.4, -0.2) is 37.9 Å². The fraction of sp³-hybridized carbons (Fsp3) is 0.176. The molecule has 0 spiro atoms. The maximum Gasteiger partial charge on any atom is 0.310 e. The number of benzene rings is 2. The highest BCUT2D eigenvalue weighted by atomic mass is 16.6. The van der Waals surface area contributed by atoms with Crippen molar-refractivity contribution in [2.24, 2.45) is 5.10 Å². The molecule has 1 amide bonds. The van der Waals surface area contributed by atoms with E-state index in [0.29, 0.717) is 17.1 Å². The van der Waals surface area contributed by atoms with Gasteiger partial charge < -0.3 is 14.2 Å². The van der Waals surface area contributed by atoms with E-state index < -0.39 is 17.4 Å². The van der Waals surface area contributed by atoms with Gasteiger partial charge in [-0.2, -0.15) is 5.10 Å². The number of carbonyl (C=O) groups is 1. The van der Waals surface area contributed by atoms with E-state index in [1.54, 1.807) is 24.3 Å². The van der Waals surface area contributed by atoms with Crippen molar-refractivity contribution in [3.63, 3.8) is 0 Å². The van der Waals surface area contributed by atoms with Crippen molar-refractivity contribution in [2.75, 3.05) is 20.8 Å². The zero-order valence-corrected chi connectivity index (χ0v) is 14.2. The molecule has 0 heterocycles.